The molecule has 0 aliphatic carbocycles. The van der Waals surface area contributed by atoms with Crippen LogP contribution in [0.1, 0.15) is 51.9 Å². The summed E-state index contributed by atoms with van der Waals surface area (Å²) >= 11 is 0. The maximum atomic E-state index is 14.6. The molecular weight excluding hydrogens is 817 g/mol. The van der Waals surface area contributed by atoms with Gasteiger partial charge >= 0.3 is 0 Å². The zero-order chi connectivity index (χ0) is 45.6. The van der Waals surface area contributed by atoms with Crippen molar-refractivity contribution < 1.29 is 38.7 Å². The standard InChI is InChI=1S/C55H50N2O8/c1-62-46-25-17-42(18-26-46)54(60,43-19-27-47(63-2)28-20-43)52(40-15-13-36-9-5-7-11-38(36)33-40)56-50(58)35-51(59)57-53(41-16-14-37-10-6-8-12-39(37)34-41)55(61,44-21-29-48(64-3)30-22-44)45-23-31-49(65-4)32-24-45/h5-34,52-53,60-61H,35H2,1-4H3,(H,56,58)(H,57,59). The molecule has 0 bridgehead atoms. The Morgan fingerprint density at radius 3 is 0.969 bits per heavy atom. The van der Waals surface area contributed by atoms with Crippen LogP contribution in [0.5, 0.6) is 23.0 Å². The molecule has 0 saturated heterocycles. The Balaban J connectivity index is 1.21. The quantitative estimate of drug-likeness (QED) is 0.0707. The van der Waals surface area contributed by atoms with Crippen molar-refractivity contribution in [2.24, 2.45) is 0 Å². The molecule has 8 rings (SSSR count). The molecule has 4 N–H and O–H groups in total. The van der Waals surface area contributed by atoms with Gasteiger partial charge in [-0.2, -0.15) is 0 Å². The number of carbonyl (C=O) groups excluding carboxylic acids is 2. The number of amides is 2. The van der Waals surface area contributed by atoms with Gasteiger partial charge in [0.2, 0.25) is 11.8 Å². The summed E-state index contributed by atoms with van der Waals surface area (Å²) in [5, 5.41) is 36.5. The minimum Gasteiger partial charge on any atom is -0.497 e. The fourth-order valence-electron chi connectivity index (χ4n) is 8.58. The van der Waals surface area contributed by atoms with Crippen LogP contribution < -0.4 is 29.6 Å². The highest BCUT2D eigenvalue weighted by Gasteiger charge is 2.45. The molecule has 10 heteroatoms. The Kier molecular flexibility index (Phi) is 12.8. The number of benzene rings is 8. The first-order valence-electron chi connectivity index (χ1n) is 21.2. The largest absolute Gasteiger partial charge is 0.497 e. The van der Waals surface area contributed by atoms with Gasteiger partial charge in [0.15, 0.2) is 0 Å². The lowest BCUT2D eigenvalue weighted by molar-refractivity contribution is -0.132. The third-order valence-corrected chi connectivity index (χ3v) is 12.1. The molecule has 0 spiro atoms. The Morgan fingerprint density at radius 1 is 0.415 bits per heavy atom. The number of aliphatic hydroxyl groups is 2. The summed E-state index contributed by atoms with van der Waals surface area (Å²) in [7, 11) is 6.25. The molecule has 2 unspecified atom stereocenters. The van der Waals surface area contributed by atoms with Crippen molar-refractivity contribution in [3.05, 3.63) is 215 Å². The van der Waals surface area contributed by atoms with Crippen molar-refractivity contribution in [1.29, 1.82) is 0 Å². The monoisotopic (exact) mass is 866 g/mol. The molecule has 8 aromatic rings. The molecule has 0 aliphatic rings. The number of nitrogens with one attached hydrogen (secondary N) is 2. The molecular formula is C55H50N2O8. The van der Waals surface area contributed by atoms with Crippen LogP contribution in [0.3, 0.4) is 0 Å². The molecule has 2 atom stereocenters. The second kappa shape index (κ2) is 19.0. The topological polar surface area (TPSA) is 136 Å². The normalized spacial score (nSPS) is 12.5. The maximum absolute atomic E-state index is 14.6. The highest BCUT2D eigenvalue weighted by molar-refractivity contribution is 5.97. The Bertz CT molecular complexity index is 2620. The second-order valence-corrected chi connectivity index (χ2v) is 15.8. The summed E-state index contributed by atoms with van der Waals surface area (Å²) in [4.78, 5) is 29.2. The van der Waals surface area contributed by atoms with Crippen molar-refractivity contribution in [3.8, 4) is 23.0 Å². The second-order valence-electron chi connectivity index (χ2n) is 15.8. The van der Waals surface area contributed by atoms with Gasteiger partial charge in [-0.1, -0.05) is 121 Å². The molecule has 0 saturated carbocycles. The van der Waals surface area contributed by atoms with E-state index in [1.165, 1.54) is 0 Å². The van der Waals surface area contributed by atoms with E-state index >= 15 is 0 Å². The van der Waals surface area contributed by atoms with Crippen LogP contribution in [0.4, 0.5) is 0 Å². The van der Waals surface area contributed by atoms with Gasteiger partial charge in [-0.25, -0.2) is 0 Å². The van der Waals surface area contributed by atoms with Crippen molar-refractivity contribution in [3.63, 3.8) is 0 Å². The fraction of sp³-hybridized carbons (Fsp3) is 0.164. The molecule has 0 aliphatic heterocycles. The SMILES string of the molecule is COc1ccc(C(O)(c2ccc(OC)cc2)C(NC(=O)CC(=O)NC(c2ccc3ccccc3c2)C(O)(c2ccc(OC)cc2)c2ccc(OC)cc2)c2ccc3ccccc3c2)cc1. The average Bonchev–Trinajstić information content (AvgIpc) is 3.36. The van der Waals surface area contributed by atoms with Crippen molar-refractivity contribution in [2.45, 2.75) is 29.7 Å². The predicted molar refractivity (Wildman–Crippen MR) is 252 cm³/mol. The number of rotatable bonds is 16. The molecule has 328 valence electrons. The van der Waals surface area contributed by atoms with Gasteiger partial charge < -0.3 is 39.8 Å². The van der Waals surface area contributed by atoms with Crippen LogP contribution in [0.25, 0.3) is 21.5 Å². The number of ether oxygens (including phenoxy) is 4. The molecule has 10 nitrogen and oxygen atoms in total. The van der Waals surface area contributed by atoms with E-state index in [2.05, 4.69) is 10.6 Å². The van der Waals surface area contributed by atoms with Crippen molar-refractivity contribution >= 4 is 33.4 Å². The maximum Gasteiger partial charge on any atom is 0.230 e. The predicted octanol–water partition coefficient (Wildman–Crippen LogP) is 9.30. The number of hydrogen-bond acceptors (Lipinski definition) is 8. The van der Waals surface area contributed by atoms with Crippen molar-refractivity contribution in [2.75, 3.05) is 28.4 Å². The molecule has 0 radical (unpaired) electrons. The first kappa shape index (κ1) is 44.0. The summed E-state index contributed by atoms with van der Waals surface area (Å²) in [5.41, 5.74) is -0.728. The van der Waals surface area contributed by atoms with Gasteiger partial charge in [-0.15, -0.1) is 0 Å². The van der Waals surface area contributed by atoms with E-state index in [-0.39, 0.29) is 0 Å². The Morgan fingerprint density at radius 2 is 0.692 bits per heavy atom. The number of fused-ring (bicyclic) bond motifs is 2. The lowest BCUT2D eigenvalue weighted by Crippen LogP contribution is -2.48. The van der Waals surface area contributed by atoms with Gasteiger partial charge in [-0.3, -0.25) is 9.59 Å². The van der Waals surface area contributed by atoms with Crippen LogP contribution >= 0.6 is 0 Å². The van der Waals surface area contributed by atoms with Crippen LogP contribution in [0.2, 0.25) is 0 Å². The Labute approximate surface area is 378 Å². The molecule has 2 amide bonds. The minimum absolute atomic E-state index is 0.465. The zero-order valence-electron chi connectivity index (χ0n) is 36.5. The average molecular weight is 867 g/mol. The lowest BCUT2D eigenvalue weighted by Gasteiger charge is -2.39. The van der Waals surface area contributed by atoms with Crippen LogP contribution in [-0.2, 0) is 20.8 Å². The Hall–Kier alpha value is -7.66. The molecule has 0 heterocycles. The highest BCUT2D eigenvalue weighted by atomic mass is 16.5. The van der Waals surface area contributed by atoms with Crippen LogP contribution in [0.15, 0.2) is 182 Å². The molecule has 0 fully saturated rings. The van der Waals surface area contributed by atoms with E-state index in [9.17, 15) is 19.8 Å². The number of hydrogen-bond donors (Lipinski definition) is 4. The summed E-state index contributed by atoms with van der Waals surface area (Å²) in [6.45, 7) is 0. The van der Waals surface area contributed by atoms with E-state index in [0.717, 1.165) is 21.5 Å². The highest BCUT2D eigenvalue weighted by Crippen LogP contribution is 2.45. The smallest absolute Gasteiger partial charge is 0.230 e. The summed E-state index contributed by atoms with van der Waals surface area (Å²) in [6.07, 6.45) is -0.656. The van der Waals surface area contributed by atoms with Crippen LogP contribution in [-0.4, -0.2) is 50.5 Å². The molecule has 8 aromatic carbocycles. The van der Waals surface area contributed by atoms with E-state index in [0.29, 0.717) is 56.4 Å². The summed E-state index contributed by atoms with van der Waals surface area (Å²) < 4.78 is 21.9. The van der Waals surface area contributed by atoms with E-state index in [1.54, 1.807) is 126 Å². The number of methoxy groups -OCH3 is 4. The zero-order valence-corrected chi connectivity index (χ0v) is 36.5. The van der Waals surface area contributed by atoms with Gasteiger partial charge in [0.05, 0.1) is 40.5 Å². The van der Waals surface area contributed by atoms with E-state index in [1.807, 2.05) is 84.9 Å². The van der Waals surface area contributed by atoms with Gasteiger partial charge in [-0.05, 0) is 116 Å². The fourth-order valence-corrected chi connectivity index (χ4v) is 8.58. The summed E-state index contributed by atoms with van der Waals surface area (Å²) in [6, 6.07) is 52.9. The number of carbonyl (C=O) groups is 2. The third kappa shape index (κ3) is 8.95. The van der Waals surface area contributed by atoms with Gasteiger partial charge in [0.1, 0.15) is 40.6 Å². The molecule has 0 aromatic heterocycles. The van der Waals surface area contributed by atoms with Gasteiger partial charge in [0.25, 0.3) is 0 Å². The van der Waals surface area contributed by atoms with Crippen LogP contribution in [0, 0.1) is 0 Å². The van der Waals surface area contributed by atoms with E-state index in [4.69, 9.17) is 18.9 Å². The first-order valence-corrected chi connectivity index (χ1v) is 21.2. The molecule has 65 heavy (non-hydrogen) atoms. The minimum atomic E-state index is -1.89. The first-order chi connectivity index (χ1) is 31.6. The van der Waals surface area contributed by atoms with E-state index < -0.39 is 41.5 Å². The summed E-state index contributed by atoms with van der Waals surface area (Å²) in [5.74, 6) is 0.989. The van der Waals surface area contributed by atoms with Crippen molar-refractivity contribution in [1.82, 2.24) is 10.6 Å². The third-order valence-electron chi connectivity index (χ3n) is 12.1. The van der Waals surface area contributed by atoms with Gasteiger partial charge in [0, 0.05) is 0 Å². The lowest BCUT2D eigenvalue weighted by atomic mass is 9.76.